The molecule has 0 aromatic heterocycles. The van der Waals surface area contributed by atoms with Crippen molar-refractivity contribution in [2.24, 2.45) is 34.5 Å². The quantitative estimate of drug-likeness (QED) is 0.568. The van der Waals surface area contributed by atoms with E-state index in [9.17, 15) is 0 Å². The first-order valence-electron chi connectivity index (χ1n) is 10.2. The van der Waals surface area contributed by atoms with Crippen LogP contribution in [0.4, 0.5) is 0 Å². The van der Waals surface area contributed by atoms with Crippen molar-refractivity contribution in [3.8, 4) is 0 Å². The zero-order valence-electron chi connectivity index (χ0n) is 15.7. The van der Waals surface area contributed by atoms with E-state index in [1.165, 1.54) is 57.8 Å². The molecule has 1 heteroatoms. The summed E-state index contributed by atoms with van der Waals surface area (Å²) in [5, 5.41) is 0. The summed E-state index contributed by atoms with van der Waals surface area (Å²) in [4.78, 5) is 0. The molecule has 23 heavy (non-hydrogen) atoms. The molecule has 0 spiro atoms. The van der Waals surface area contributed by atoms with E-state index in [0.717, 1.165) is 23.7 Å². The van der Waals surface area contributed by atoms with Gasteiger partial charge in [0.15, 0.2) is 0 Å². The molecule has 0 bridgehead atoms. The van der Waals surface area contributed by atoms with Gasteiger partial charge in [-0.1, -0.05) is 38.8 Å². The first-order valence-corrected chi connectivity index (χ1v) is 10.2. The maximum atomic E-state index is 5.69. The molecule has 0 N–H and O–H groups in total. The van der Waals surface area contributed by atoms with Gasteiger partial charge in [0.05, 0.1) is 6.10 Å². The van der Waals surface area contributed by atoms with E-state index in [1.54, 1.807) is 5.57 Å². The van der Waals surface area contributed by atoms with Crippen molar-refractivity contribution in [3.05, 3.63) is 11.6 Å². The van der Waals surface area contributed by atoms with Gasteiger partial charge in [-0.2, -0.15) is 0 Å². The van der Waals surface area contributed by atoms with Crippen molar-refractivity contribution >= 4 is 0 Å². The highest BCUT2D eigenvalue weighted by molar-refractivity contribution is 5.25. The molecule has 0 amide bonds. The Balaban J connectivity index is 1.63. The fraction of sp³-hybridized carbons (Fsp3) is 0.909. The summed E-state index contributed by atoms with van der Waals surface area (Å²) < 4.78 is 5.69. The second kappa shape index (κ2) is 5.61. The predicted octanol–water partition coefficient (Wildman–Crippen LogP) is 5.99. The monoisotopic (exact) mass is 316 g/mol. The Morgan fingerprint density at radius 1 is 1.09 bits per heavy atom. The lowest BCUT2D eigenvalue weighted by Crippen LogP contribution is -2.50. The first-order chi connectivity index (χ1) is 11.0. The molecule has 0 aromatic rings. The maximum Gasteiger partial charge on any atom is 0.0608 e. The van der Waals surface area contributed by atoms with Crippen LogP contribution in [0.2, 0.25) is 0 Å². The SMILES string of the molecule is CCC1CCC2[C@H]3CC=C4C[C@@H](OC)CCC4(C)C3CCC12C. The Labute approximate surface area is 143 Å². The van der Waals surface area contributed by atoms with Crippen molar-refractivity contribution in [3.63, 3.8) is 0 Å². The third-order valence-electron chi connectivity index (χ3n) is 9.08. The summed E-state index contributed by atoms with van der Waals surface area (Å²) in [6.07, 6.45) is 15.7. The summed E-state index contributed by atoms with van der Waals surface area (Å²) in [6, 6.07) is 0. The minimum Gasteiger partial charge on any atom is -0.381 e. The van der Waals surface area contributed by atoms with Crippen molar-refractivity contribution in [1.29, 1.82) is 0 Å². The number of fused-ring (bicyclic) bond motifs is 5. The van der Waals surface area contributed by atoms with E-state index in [-0.39, 0.29) is 0 Å². The van der Waals surface area contributed by atoms with E-state index in [2.05, 4.69) is 26.8 Å². The molecule has 7 atom stereocenters. The van der Waals surface area contributed by atoms with Crippen LogP contribution in [0.25, 0.3) is 0 Å². The number of rotatable bonds is 2. The average molecular weight is 317 g/mol. The molecule has 3 saturated carbocycles. The van der Waals surface area contributed by atoms with Crippen molar-refractivity contribution < 1.29 is 4.74 Å². The van der Waals surface area contributed by atoms with Crippen molar-refractivity contribution in [2.45, 2.75) is 84.7 Å². The van der Waals surface area contributed by atoms with E-state index in [4.69, 9.17) is 4.74 Å². The molecule has 130 valence electrons. The highest BCUT2D eigenvalue weighted by Gasteiger charge is 2.58. The van der Waals surface area contributed by atoms with Gasteiger partial charge in [0.1, 0.15) is 0 Å². The van der Waals surface area contributed by atoms with Gasteiger partial charge < -0.3 is 4.74 Å². The van der Waals surface area contributed by atoms with Crippen LogP contribution in [-0.2, 0) is 4.74 Å². The number of hydrogen-bond acceptors (Lipinski definition) is 1. The van der Waals surface area contributed by atoms with E-state index < -0.39 is 0 Å². The standard InChI is InChI=1S/C22H36O/c1-5-15-7-9-19-18-8-6-16-14-17(23-4)10-12-22(16,3)20(18)11-13-21(15,19)2/h6,15,17-20H,5,7-14H2,1-4H3/t15?,17-,18+,19?,20?,21?,22?/m0/s1. The van der Waals surface area contributed by atoms with E-state index in [0.29, 0.717) is 16.9 Å². The highest BCUT2D eigenvalue weighted by atomic mass is 16.5. The predicted molar refractivity (Wildman–Crippen MR) is 96.3 cm³/mol. The molecule has 0 heterocycles. The molecule has 4 aliphatic rings. The first kappa shape index (κ1) is 16.2. The van der Waals surface area contributed by atoms with Crippen LogP contribution in [0.1, 0.15) is 78.6 Å². The molecule has 0 aliphatic heterocycles. The van der Waals surface area contributed by atoms with Gasteiger partial charge in [-0.05, 0) is 85.9 Å². The molecule has 0 aromatic carbocycles. The molecule has 0 radical (unpaired) electrons. The zero-order chi connectivity index (χ0) is 16.2. The third kappa shape index (κ3) is 2.21. The molecule has 4 aliphatic carbocycles. The highest BCUT2D eigenvalue weighted by Crippen LogP contribution is 2.66. The molecule has 5 unspecified atom stereocenters. The van der Waals surface area contributed by atoms with E-state index >= 15 is 0 Å². The second-order valence-electron chi connectivity index (χ2n) is 9.59. The van der Waals surface area contributed by atoms with Crippen LogP contribution in [0.15, 0.2) is 11.6 Å². The van der Waals surface area contributed by atoms with Gasteiger partial charge >= 0.3 is 0 Å². The number of hydrogen-bond donors (Lipinski definition) is 0. The summed E-state index contributed by atoms with van der Waals surface area (Å²) in [5.41, 5.74) is 2.90. The zero-order valence-corrected chi connectivity index (χ0v) is 15.7. The minimum absolute atomic E-state index is 0.482. The van der Waals surface area contributed by atoms with Crippen molar-refractivity contribution in [1.82, 2.24) is 0 Å². The molecule has 1 nitrogen and oxygen atoms in total. The lowest BCUT2D eigenvalue weighted by Gasteiger charge is -2.58. The van der Waals surface area contributed by atoms with Crippen LogP contribution in [0.3, 0.4) is 0 Å². The number of ether oxygens (including phenoxy) is 1. The van der Waals surface area contributed by atoms with Crippen LogP contribution in [-0.4, -0.2) is 13.2 Å². The Morgan fingerprint density at radius 3 is 2.65 bits per heavy atom. The molecule has 4 rings (SSSR count). The summed E-state index contributed by atoms with van der Waals surface area (Å²) in [6.45, 7) is 7.69. The average Bonchev–Trinajstić information content (AvgIpc) is 2.90. The van der Waals surface area contributed by atoms with E-state index in [1.807, 2.05) is 7.11 Å². The summed E-state index contributed by atoms with van der Waals surface area (Å²) >= 11 is 0. The maximum absolute atomic E-state index is 5.69. The Bertz CT molecular complexity index is 494. The topological polar surface area (TPSA) is 9.23 Å². The van der Waals surface area contributed by atoms with Gasteiger partial charge in [-0.15, -0.1) is 0 Å². The van der Waals surface area contributed by atoms with Crippen LogP contribution < -0.4 is 0 Å². The largest absolute Gasteiger partial charge is 0.381 e. The Morgan fingerprint density at radius 2 is 1.91 bits per heavy atom. The minimum atomic E-state index is 0.482. The lowest BCUT2D eigenvalue weighted by atomic mass is 9.47. The normalized spacial score (nSPS) is 52.3. The summed E-state index contributed by atoms with van der Waals surface area (Å²) in [7, 11) is 1.90. The Hall–Kier alpha value is -0.300. The molecule has 3 fully saturated rings. The fourth-order valence-corrected chi connectivity index (χ4v) is 7.61. The van der Waals surface area contributed by atoms with Crippen LogP contribution >= 0.6 is 0 Å². The Kier molecular flexibility index (Phi) is 3.95. The smallest absolute Gasteiger partial charge is 0.0608 e. The number of allylic oxidation sites excluding steroid dienone is 1. The van der Waals surface area contributed by atoms with Gasteiger partial charge in [-0.3, -0.25) is 0 Å². The van der Waals surface area contributed by atoms with Crippen LogP contribution in [0.5, 0.6) is 0 Å². The summed E-state index contributed by atoms with van der Waals surface area (Å²) in [5.74, 6) is 3.92. The number of methoxy groups -OCH3 is 1. The molecule has 0 saturated heterocycles. The molecular weight excluding hydrogens is 280 g/mol. The van der Waals surface area contributed by atoms with Gasteiger partial charge in [0, 0.05) is 7.11 Å². The van der Waals surface area contributed by atoms with Crippen LogP contribution in [0, 0.1) is 34.5 Å². The second-order valence-corrected chi connectivity index (χ2v) is 9.59. The van der Waals surface area contributed by atoms with Crippen molar-refractivity contribution in [2.75, 3.05) is 7.11 Å². The van der Waals surface area contributed by atoms with Gasteiger partial charge in [0.2, 0.25) is 0 Å². The third-order valence-corrected chi connectivity index (χ3v) is 9.08. The van der Waals surface area contributed by atoms with Gasteiger partial charge in [0.25, 0.3) is 0 Å². The van der Waals surface area contributed by atoms with Gasteiger partial charge in [-0.25, -0.2) is 0 Å². The fourth-order valence-electron chi connectivity index (χ4n) is 7.61. The molecular formula is C22H36O. The lowest BCUT2D eigenvalue weighted by molar-refractivity contribution is -0.0535.